The van der Waals surface area contributed by atoms with Gasteiger partial charge in [0.25, 0.3) is 0 Å². The molecular weight excluding hydrogens is 230 g/mol. The predicted octanol–water partition coefficient (Wildman–Crippen LogP) is 3.27. The van der Waals surface area contributed by atoms with E-state index in [1.54, 1.807) is 0 Å². The fourth-order valence-electron chi connectivity index (χ4n) is 2.02. The lowest BCUT2D eigenvalue weighted by atomic mass is 9.94. The Balaban J connectivity index is 2.66. The van der Waals surface area contributed by atoms with E-state index in [0.29, 0.717) is 5.89 Å². The van der Waals surface area contributed by atoms with E-state index in [1.165, 1.54) is 6.26 Å². The van der Waals surface area contributed by atoms with Gasteiger partial charge in [-0.25, -0.2) is 9.78 Å². The second-order valence-electron chi connectivity index (χ2n) is 4.48. The van der Waals surface area contributed by atoms with Crippen LogP contribution in [0.5, 0.6) is 0 Å². The summed E-state index contributed by atoms with van der Waals surface area (Å²) < 4.78 is 5.29. The Morgan fingerprint density at radius 2 is 1.72 bits per heavy atom. The van der Waals surface area contributed by atoms with Gasteiger partial charge in [0.2, 0.25) is 5.89 Å². The molecule has 0 aliphatic carbocycles. The summed E-state index contributed by atoms with van der Waals surface area (Å²) in [6.45, 7) is 8.02. The first-order valence-corrected chi connectivity index (χ1v) is 5.68. The van der Waals surface area contributed by atoms with Crippen LogP contribution in [-0.2, 0) is 0 Å². The lowest BCUT2D eigenvalue weighted by molar-refractivity contribution is 0.0690. The Kier molecular flexibility index (Phi) is 2.95. The molecular formula is C14H15NO3. The number of rotatable bonds is 2. The zero-order valence-corrected chi connectivity index (χ0v) is 10.9. The SMILES string of the molecule is Cc1cc(C)c(C)c(-c2nc(C(=O)O)co2)c1C. The molecule has 0 amide bonds. The molecule has 0 aliphatic heterocycles. The molecule has 0 aliphatic rings. The maximum atomic E-state index is 10.8. The van der Waals surface area contributed by atoms with E-state index in [-0.39, 0.29) is 5.69 Å². The third-order valence-corrected chi connectivity index (χ3v) is 3.30. The fraction of sp³-hybridized carbons (Fsp3) is 0.286. The first kappa shape index (κ1) is 12.4. The second-order valence-corrected chi connectivity index (χ2v) is 4.48. The van der Waals surface area contributed by atoms with Gasteiger partial charge < -0.3 is 9.52 Å². The maximum absolute atomic E-state index is 10.8. The van der Waals surface area contributed by atoms with Gasteiger partial charge in [0, 0.05) is 5.56 Å². The number of aromatic nitrogens is 1. The van der Waals surface area contributed by atoms with Crippen molar-refractivity contribution in [3.63, 3.8) is 0 Å². The molecule has 1 aromatic heterocycles. The molecule has 0 bridgehead atoms. The lowest BCUT2D eigenvalue weighted by Crippen LogP contribution is -1.98. The average Bonchev–Trinajstić information content (AvgIpc) is 2.76. The van der Waals surface area contributed by atoms with Gasteiger partial charge in [-0.2, -0.15) is 0 Å². The van der Waals surface area contributed by atoms with Crippen LogP contribution in [0.4, 0.5) is 0 Å². The van der Waals surface area contributed by atoms with Crippen molar-refractivity contribution in [3.8, 4) is 11.5 Å². The zero-order chi connectivity index (χ0) is 13.4. The monoisotopic (exact) mass is 245 g/mol. The molecule has 1 aromatic carbocycles. The third-order valence-electron chi connectivity index (χ3n) is 3.30. The van der Waals surface area contributed by atoms with E-state index in [1.807, 2.05) is 27.7 Å². The van der Waals surface area contributed by atoms with Gasteiger partial charge in [-0.15, -0.1) is 0 Å². The number of nitrogens with zero attached hydrogens (tertiary/aromatic N) is 1. The van der Waals surface area contributed by atoms with Crippen molar-refractivity contribution in [1.29, 1.82) is 0 Å². The number of hydrogen-bond donors (Lipinski definition) is 1. The summed E-state index contributed by atoms with van der Waals surface area (Å²) in [6, 6.07) is 2.11. The molecule has 0 atom stereocenters. The Hall–Kier alpha value is -2.10. The first-order chi connectivity index (χ1) is 8.41. The van der Waals surface area contributed by atoms with E-state index in [0.717, 1.165) is 27.8 Å². The van der Waals surface area contributed by atoms with Gasteiger partial charge in [-0.1, -0.05) is 6.07 Å². The molecule has 2 rings (SSSR count). The van der Waals surface area contributed by atoms with Crippen LogP contribution in [0.25, 0.3) is 11.5 Å². The number of benzene rings is 1. The molecule has 4 heteroatoms. The van der Waals surface area contributed by atoms with Crippen LogP contribution in [0.1, 0.15) is 32.7 Å². The largest absolute Gasteiger partial charge is 0.476 e. The molecule has 2 aromatic rings. The number of aryl methyl sites for hydroxylation is 2. The molecule has 0 spiro atoms. The fourth-order valence-corrected chi connectivity index (χ4v) is 2.02. The summed E-state index contributed by atoms with van der Waals surface area (Å²) in [4.78, 5) is 14.8. The number of aromatic carboxylic acids is 1. The Bertz CT molecular complexity index is 600. The van der Waals surface area contributed by atoms with E-state index in [4.69, 9.17) is 9.52 Å². The van der Waals surface area contributed by atoms with Crippen LogP contribution in [0.3, 0.4) is 0 Å². The highest BCUT2D eigenvalue weighted by atomic mass is 16.4. The minimum atomic E-state index is -1.08. The number of oxazole rings is 1. The minimum Gasteiger partial charge on any atom is -0.476 e. The smallest absolute Gasteiger partial charge is 0.357 e. The van der Waals surface area contributed by atoms with Crippen LogP contribution in [0.15, 0.2) is 16.7 Å². The molecule has 0 saturated heterocycles. The Labute approximate surface area is 105 Å². The number of carbonyl (C=O) groups is 1. The molecule has 18 heavy (non-hydrogen) atoms. The topological polar surface area (TPSA) is 63.3 Å². The van der Waals surface area contributed by atoms with Crippen molar-refractivity contribution in [2.75, 3.05) is 0 Å². The summed E-state index contributed by atoms with van der Waals surface area (Å²) in [5.74, 6) is -0.709. The van der Waals surface area contributed by atoms with Crippen LogP contribution in [0.2, 0.25) is 0 Å². The number of carboxylic acid groups (broad SMARTS) is 1. The number of hydrogen-bond acceptors (Lipinski definition) is 3. The molecule has 0 radical (unpaired) electrons. The van der Waals surface area contributed by atoms with Gasteiger partial charge in [-0.05, 0) is 49.9 Å². The number of carboxylic acids is 1. The Morgan fingerprint density at radius 3 is 2.17 bits per heavy atom. The highest BCUT2D eigenvalue weighted by Gasteiger charge is 2.17. The molecule has 4 nitrogen and oxygen atoms in total. The third kappa shape index (κ3) is 1.90. The molecule has 1 heterocycles. The Morgan fingerprint density at radius 1 is 1.17 bits per heavy atom. The van der Waals surface area contributed by atoms with E-state index < -0.39 is 5.97 Å². The van der Waals surface area contributed by atoms with Crippen LogP contribution in [0, 0.1) is 27.7 Å². The van der Waals surface area contributed by atoms with Crippen molar-refractivity contribution in [2.24, 2.45) is 0 Å². The van der Waals surface area contributed by atoms with Crippen molar-refractivity contribution in [1.82, 2.24) is 4.98 Å². The van der Waals surface area contributed by atoms with Gasteiger partial charge in [0.05, 0.1) is 0 Å². The van der Waals surface area contributed by atoms with E-state index >= 15 is 0 Å². The van der Waals surface area contributed by atoms with Crippen molar-refractivity contribution in [2.45, 2.75) is 27.7 Å². The molecule has 94 valence electrons. The quantitative estimate of drug-likeness (QED) is 0.881. The average molecular weight is 245 g/mol. The maximum Gasteiger partial charge on any atom is 0.357 e. The highest BCUT2D eigenvalue weighted by Crippen LogP contribution is 2.30. The van der Waals surface area contributed by atoms with E-state index in [2.05, 4.69) is 11.1 Å². The standard InChI is InChI=1S/C14H15NO3/c1-7-5-8(2)10(4)12(9(7)3)13-15-11(6-18-13)14(16)17/h5-6H,1-4H3,(H,16,17). The van der Waals surface area contributed by atoms with Crippen LogP contribution in [-0.4, -0.2) is 16.1 Å². The minimum absolute atomic E-state index is 0.0667. The van der Waals surface area contributed by atoms with Crippen molar-refractivity contribution < 1.29 is 14.3 Å². The zero-order valence-electron chi connectivity index (χ0n) is 10.9. The normalized spacial score (nSPS) is 10.7. The van der Waals surface area contributed by atoms with Gasteiger partial charge in [0.15, 0.2) is 5.69 Å². The highest BCUT2D eigenvalue weighted by molar-refractivity contribution is 5.85. The molecule has 0 saturated carbocycles. The molecule has 0 fully saturated rings. The van der Waals surface area contributed by atoms with Crippen molar-refractivity contribution in [3.05, 3.63) is 40.3 Å². The van der Waals surface area contributed by atoms with Crippen molar-refractivity contribution >= 4 is 5.97 Å². The first-order valence-electron chi connectivity index (χ1n) is 5.68. The van der Waals surface area contributed by atoms with Crippen LogP contribution < -0.4 is 0 Å². The molecule has 1 N–H and O–H groups in total. The van der Waals surface area contributed by atoms with E-state index in [9.17, 15) is 4.79 Å². The summed E-state index contributed by atoms with van der Waals surface area (Å²) in [5.41, 5.74) is 5.24. The summed E-state index contributed by atoms with van der Waals surface area (Å²) in [5, 5.41) is 8.87. The summed E-state index contributed by atoms with van der Waals surface area (Å²) in [6.07, 6.45) is 1.17. The summed E-state index contributed by atoms with van der Waals surface area (Å²) >= 11 is 0. The van der Waals surface area contributed by atoms with Crippen LogP contribution >= 0.6 is 0 Å². The summed E-state index contributed by atoms with van der Waals surface area (Å²) in [7, 11) is 0. The lowest BCUT2D eigenvalue weighted by Gasteiger charge is -2.12. The predicted molar refractivity (Wildman–Crippen MR) is 67.8 cm³/mol. The van der Waals surface area contributed by atoms with Gasteiger partial charge in [-0.3, -0.25) is 0 Å². The molecule has 0 unspecified atom stereocenters. The second kappa shape index (κ2) is 4.29. The van der Waals surface area contributed by atoms with Gasteiger partial charge in [0.1, 0.15) is 6.26 Å². The van der Waals surface area contributed by atoms with Gasteiger partial charge >= 0.3 is 5.97 Å².